The lowest BCUT2D eigenvalue weighted by molar-refractivity contribution is -0.130. The minimum Gasteiger partial charge on any atom is -0.341 e. The second-order valence-corrected chi connectivity index (χ2v) is 7.40. The van der Waals surface area contributed by atoms with Crippen molar-refractivity contribution in [3.63, 3.8) is 0 Å². The standard InChI is InChI=1S/C19H23Cl3N2O2/c20-9-2-1-3-10-23-12-13-24(11-8-19(23)26)18(25)7-5-15-4-6-16(21)17(22)14-15/h4-7,14H,1-3,8-13H2. The molecule has 7 heteroatoms. The van der Waals surface area contributed by atoms with E-state index in [4.69, 9.17) is 34.8 Å². The van der Waals surface area contributed by atoms with Gasteiger partial charge in [-0.15, -0.1) is 11.6 Å². The van der Waals surface area contributed by atoms with E-state index in [-0.39, 0.29) is 11.8 Å². The molecule has 1 fully saturated rings. The number of alkyl halides is 1. The molecule has 26 heavy (non-hydrogen) atoms. The number of benzene rings is 1. The highest BCUT2D eigenvalue weighted by molar-refractivity contribution is 6.42. The van der Waals surface area contributed by atoms with Gasteiger partial charge < -0.3 is 9.80 Å². The highest BCUT2D eigenvalue weighted by atomic mass is 35.5. The molecule has 1 heterocycles. The first-order valence-electron chi connectivity index (χ1n) is 8.77. The quantitative estimate of drug-likeness (QED) is 0.373. The highest BCUT2D eigenvalue weighted by Gasteiger charge is 2.22. The van der Waals surface area contributed by atoms with Crippen molar-refractivity contribution < 1.29 is 9.59 Å². The Hall–Kier alpha value is -1.23. The van der Waals surface area contributed by atoms with Crippen LogP contribution in [0.3, 0.4) is 0 Å². The van der Waals surface area contributed by atoms with Gasteiger partial charge >= 0.3 is 0 Å². The van der Waals surface area contributed by atoms with Crippen molar-refractivity contribution in [1.29, 1.82) is 0 Å². The van der Waals surface area contributed by atoms with Crippen LogP contribution in [0.15, 0.2) is 24.3 Å². The lowest BCUT2D eigenvalue weighted by atomic mass is 10.2. The van der Waals surface area contributed by atoms with E-state index in [9.17, 15) is 9.59 Å². The lowest BCUT2D eigenvalue weighted by Crippen LogP contribution is -2.35. The maximum atomic E-state index is 12.4. The van der Waals surface area contributed by atoms with E-state index >= 15 is 0 Å². The van der Waals surface area contributed by atoms with Gasteiger partial charge in [-0.1, -0.05) is 35.7 Å². The number of carbonyl (C=O) groups is 2. The predicted octanol–water partition coefficient (Wildman–Crippen LogP) is 4.48. The number of hydrogen-bond acceptors (Lipinski definition) is 2. The minimum atomic E-state index is -0.104. The van der Waals surface area contributed by atoms with Crippen LogP contribution in [-0.4, -0.2) is 53.7 Å². The Balaban J connectivity index is 1.88. The van der Waals surface area contributed by atoms with Crippen molar-refractivity contribution >= 4 is 52.7 Å². The topological polar surface area (TPSA) is 40.6 Å². The molecule has 0 aliphatic carbocycles. The van der Waals surface area contributed by atoms with E-state index in [1.54, 1.807) is 29.2 Å². The van der Waals surface area contributed by atoms with Gasteiger partial charge in [0.2, 0.25) is 11.8 Å². The van der Waals surface area contributed by atoms with Crippen LogP contribution < -0.4 is 0 Å². The molecule has 1 aliphatic heterocycles. The van der Waals surface area contributed by atoms with Crippen molar-refractivity contribution in [2.45, 2.75) is 25.7 Å². The van der Waals surface area contributed by atoms with Gasteiger partial charge in [0, 0.05) is 44.6 Å². The van der Waals surface area contributed by atoms with Crippen LogP contribution in [0.25, 0.3) is 6.08 Å². The molecule has 1 aromatic carbocycles. The van der Waals surface area contributed by atoms with Crippen LogP contribution >= 0.6 is 34.8 Å². The molecule has 0 radical (unpaired) electrons. The van der Waals surface area contributed by atoms with E-state index in [2.05, 4.69) is 0 Å². The third-order valence-corrected chi connectivity index (χ3v) is 5.33. The molecule has 0 aromatic heterocycles. The Morgan fingerprint density at radius 3 is 2.62 bits per heavy atom. The first-order valence-corrected chi connectivity index (χ1v) is 10.1. The second-order valence-electron chi connectivity index (χ2n) is 6.21. The SMILES string of the molecule is O=C(C=Cc1ccc(Cl)c(Cl)c1)N1CCC(=O)N(CCCCCCl)CC1. The van der Waals surface area contributed by atoms with Crippen molar-refractivity contribution in [3.8, 4) is 0 Å². The number of unbranched alkanes of at least 4 members (excludes halogenated alkanes) is 2. The third kappa shape index (κ3) is 6.49. The Labute approximate surface area is 169 Å². The minimum absolute atomic E-state index is 0.104. The Morgan fingerprint density at radius 2 is 1.88 bits per heavy atom. The number of nitrogens with zero attached hydrogens (tertiary/aromatic N) is 2. The van der Waals surface area contributed by atoms with Crippen molar-refractivity contribution in [2.75, 3.05) is 32.1 Å². The molecule has 2 rings (SSSR count). The molecule has 4 nitrogen and oxygen atoms in total. The summed E-state index contributed by atoms with van der Waals surface area (Å²) in [6.07, 6.45) is 6.52. The lowest BCUT2D eigenvalue weighted by Gasteiger charge is -2.21. The molecule has 1 aromatic rings. The zero-order valence-electron chi connectivity index (χ0n) is 14.6. The van der Waals surface area contributed by atoms with Crippen LogP contribution in [0.5, 0.6) is 0 Å². The molecule has 0 saturated carbocycles. The summed E-state index contributed by atoms with van der Waals surface area (Å²) >= 11 is 17.5. The third-order valence-electron chi connectivity index (χ3n) is 4.32. The number of carbonyl (C=O) groups excluding carboxylic acids is 2. The van der Waals surface area contributed by atoms with Gasteiger partial charge in [0.05, 0.1) is 10.0 Å². The first kappa shape index (κ1) is 21.1. The van der Waals surface area contributed by atoms with E-state index in [1.165, 1.54) is 6.08 Å². The van der Waals surface area contributed by atoms with Gasteiger partial charge in [-0.05, 0) is 36.6 Å². The summed E-state index contributed by atoms with van der Waals surface area (Å²) in [6, 6.07) is 5.20. The number of hydrogen-bond donors (Lipinski definition) is 0. The fraction of sp³-hybridized carbons (Fsp3) is 0.474. The summed E-state index contributed by atoms with van der Waals surface area (Å²) in [5.74, 6) is 0.661. The zero-order chi connectivity index (χ0) is 18.9. The largest absolute Gasteiger partial charge is 0.341 e. The maximum absolute atomic E-state index is 12.4. The van der Waals surface area contributed by atoms with E-state index < -0.39 is 0 Å². The molecule has 0 atom stereocenters. The Bertz CT molecular complexity index is 664. The normalized spacial score (nSPS) is 15.6. The summed E-state index contributed by atoms with van der Waals surface area (Å²) in [5.41, 5.74) is 0.805. The molecular formula is C19H23Cl3N2O2. The van der Waals surface area contributed by atoms with E-state index in [0.29, 0.717) is 42.0 Å². The predicted molar refractivity (Wildman–Crippen MR) is 108 cm³/mol. The second kappa shape index (κ2) is 10.8. The van der Waals surface area contributed by atoms with Gasteiger partial charge in [-0.25, -0.2) is 0 Å². The van der Waals surface area contributed by atoms with Crippen LogP contribution in [0.2, 0.25) is 10.0 Å². The van der Waals surface area contributed by atoms with Gasteiger partial charge in [0.15, 0.2) is 0 Å². The average Bonchev–Trinajstić information content (AvgIpc) is 2.81. The molecule has 1 aliphatic rings. The van der Waals surface area contributed by atoms with E-state index in [1.807, 2.05) is 4.90 Å². The molecule has 1 saturated heterocycles. The number of rotatable bonds is 7. The zero-order valence-corrected chi connectivity index (χ0v) is 16.9. The van der Waals surface area contributed by atoms with Crippen molar-refractivity contribution in [3.05, 3.63) is 39.9 Å². The molecular weight excluding hydrogens is 395 g/mol. The molecule has 0 N–H and O–H groups in total. The molecule has 0 bridgehead atoms. The molecule has 0 spiro atoms. The summed E-state index contributed by atoms with van der Waals surface area (Å²) < 4.78 is 0. The summed E-state index contributed by atoms with van der Waals surface area (Å²) in [6.45, 7) is 2.30. The van der Waals surface area contributed by atoms with Gasteiger partial charge in [0.25, 0.3) is 0 Å². The van der Waals surface area contributed by atoms with Crippen LogP contribution in [0.4, 0.5) is 0 Å². The summed E-state index contributed by atoms with van der Waals surface area (Å²) in [4.78, 5) is 28.2. The van der Waals surface area contributed by atoms with Crippen molar-refractivity contribution in [1.82, 2.24) is 9.80 Å². The first-order chi connectivity index (χ1) is 12.5. The van der Waals surface area contributed by atoms with Gasteiger partial charge in [-0.2, -0.15) is 0 Å². The monoisotopic (exact) mass is 416 g/mol. The smallest absolute Gasteiger partial charge is 0.246 e. The molecule has 142 valence electrons. The maximum Gasteiger partial charge on any atom is 0.246 e. The number of halogens is 3. The van der Waals surface area contributed by atoms with Gasteiger partial charge in [-0.3, -0.25) is 9.59 Å². The van der Waals surface area contributed by atoms with Gasteiger partial charge in [0.1, 0.15) is 0 Å². The molecule has 0 unspecified atom stereocenters. The fourth-order valence-corrected chi connectivity index (χ4v) is 3.28. The van der Waals surface area contributed by atoms with Crippen LogP contribution in [-0.2, 0) is 9.59 Å². The fourth-order valence-electron chi connectivity index (χ4n) is 2.79. The number of amides is 2. The van der Waals surface area contributed by atoms with E-state index in [0.717, 1.165) is 31.4 Å². The highest BCUT2D eigenvalue weighted by Crippen LogP contribution is 2.23. The van der Waals surface area contributed by atoms with Crippen molar-refractivity contribution in [2.24, 2.45) is 0 Å². The van der Waals surface area contributed by atoms with Crippen LogP contribution in [0.1, 0.15) is 31.2 Å². The molecule has 2 amide bonds. The summed E-state index contributed by atoms with van der Waals surface area (Å²) in [5, 5.41) is 0.929. The average molecular weight is 418 g/mol. The van der Waals surface area contributed by atoms with Crippen LogP contribution in [0, 0.1) is 0 Å². The summed E-state index contributed by atoms with van der Waals surface area (Å²) in [7, 11) is 0. The Kier molecular flexibility index (Phi) is 8.76. The Morgan fingerprint density at radius 1 is 1.08 bits per heavy atom.